The molecule has 0 spiro atoms. The molecule has 2 nitrogen and oxygen atoms in total. The zero-order valence-electron chi connectivity index (χ0n) is 11.3. The molecule has 0 bridgehead atoms. The zero-order chi connectivity index (χ0) is 13.6. The van der Waals surface area contributed by atoms with Crippen molar-refractivity contribution in [3.05, 3.63) is 42.0 Å². The van der Waals surface area contributed by atoms with Gasteiger partial charge in [0.25, 0.3) is 0 Å². The second kappa shape index (κ2) is 6.22. The van der Waals surface area contributed by atoms with Crippen LogP contribution in [0.1, 0.15) is 5.56 Å². The molecule has 0 aliphatic heterocycles. The third-order valence-electron chi connectivity index (χ3n) is 2.12. The van der Waals surface area contributed by atoms with Gasteiger partial charge in [-0.25, -0.2) is 4.79 Å². The third-order valence-corrected chi connectivity index (χ3v) is 3.00. The maximum atomic E-state index is 11.4. The number of methoxy groups -OCH3 is 1. The van der Waals surface area contributed by atoms with Crippen molar-refractivity contribution in [1.82, 2.24) is 0 Å². The minimum Gasteiger partial charge on any atom is -0.466 e. The van der Waals surface area contributed by atoms with E-state index in [9.17, 15) is 4.79 Å². The van der Waals surface area contributed by atoms with Gasteiger partial charge < -0.3 is 4.74 Å². The van der Waals surface area contributed by atoms with Gasteiger partial charge in [0.2, 0.25) is 0 Å². The summed E-state index contributed by atoms with van der Waals surface area (Å²) >= 11 is 0. The van der Waals surface area contributed by atoms with Crippen LogP contribution in [0.15, 0.2) is 36.4 Å². The molecule has 0 aliphatic carbocycles. The highest BCUT2D eigenvalue weighted by molar-refractivity contribution is 6.84. The van der Waals surface area contributed by atoms with Crippen LogP contribution in [0, 0.1) is 11.5 Å². The first-order valence-corrected chi connectivity index (χ1v) is 9.30. The average molecular weight is 258 g/mol. The Morgan fingerprint density at radius 2 is 1.83 bits per heavy atom. The Kier molecular flexibility index (Phi) is 4.93. The Labute approximate surface area is 110 Å². The highest BCUT2D eigenvalue weighted by Crippen LogP contribution is 2.13. The molecule has 0 saturated heterocycles. The van der Waals surface area contributed by atoms with Gasteiger partial charge in [0.05, 0.1) is 7.11 Å². The van der Waals surface area contributed by atoms with Gasteiger partial charge in [0.15, 0.2) is 0 Å². The minimum absolute atomic E-state index is 0.376. The van der Waals surface area contributed by atoms with Crippen LogP contribution in [-0.4, -0.2) is 21.2 Å². The summed E-state index contributed by atoms with van der Waals surface area (Å²) in [7, 11) is -0.0997. The van der Waals surface area contributed by atoms with Crippen molar-refractivity contribution >= 4 is 19.6 Å². The number of ether oxygens (including phenoxy) is 1. The van der Waals surface area contributed by atoms with E-state index in [0.717, 1.165) is 5.56 Å². The average Bonchev–Trinajstić information content (AvgIpc) is 2.34. The van der Waals surface area contributed by atoms with Crippen LogP contribution < -0.4 is 0 Å². The van der Waals surface area contributed by atoms with Crippen molar-refractivity contribution < 1.29 is 9.53 Å². The molecule has 94 valence electrons. The van der Waals surface area contributed by atoms with Gasteiger partial charge in [-0.3, -0.25) is 0 Å². The summed E-state index contributed by atoms with van der Waals surface area (Å²) < 4.78 is 4.66. The lowest BCUT2D eigenvalue weighted by molar-refractivity contribution is -0.134. The molecular weight excluding hydrogens is 240 g/mol. The Balaban J connectivity index is 3.15. The number of hydrogen-bond acceptors (Lipinski definition) is 2. The normalized spacial score (nSPS) is 11.4. The van der Waals surface area contributed by atoms with Crippen LogP contribution in [0.3, 0.4) is 0 Å². The van der Waals surface area contributed by atoms with Gasteiger partial charge in [0, 0.05) is 11.6 Å². The molecule has 0 fully saturated rings. The van der Waals surface area contributed by atoms with Crippen LogP contribution in [0.25, 0.3) is 5.57 Å². The number of carbonyl (C=O) groups is 1. The molecule has 0 aliphatic rings. The van der Waals surface area contributed by atoms with Gasteiger partial charge in [-0.05, 0) is 5.56 Å². The second-order valence-electron chi connectivity index (χ2n) is 4.95. The molecule has 0 radical (unpaired) electrons. The van der Waals surface area contributed by atoms with E-state index in [4.69, 9.17) is 0 Å². The van der Waals surface area contributed by atoms with Crippen LogP contribution in [0.2, 0.25) is 19.6 Å². The summed E-state index contributed by atoms with van der Waals surface area (Å²) in [5, 5.41) is 0. The van der Waals surface area contributed by atoms with Crippen LogP contribution in [0.5, 0.6) is 0 Å². The SMILES string of the molecule is COC(=O)/C=C(/C#C[Si](C)(C)C)c1ccccc1. The standard InChI is InChI=1S/C15H18O2Si/c1-17-15(16)12-14(10-11-18(2,3)4)13-8-6-5-7-9-13/h5-9,12H,1-4H3/b14-12-. The van der Waals surface area contributed by atoms with E-state index < -0.39 is 8.07 Å². The summed E-state index contributed by atoms with van der Waals surface area (Å²) in [5.74, 6) is 2.74. The van der Waals surface area contributed by atoms with Crippen molar-refractivity contribution in [2.75, 3.05) is 7.11 Å². The third kappa shape index (κ3) is 5.02. The number of esters is 1. The molecule has 1 rings (SSSR count). The lowest BCUT2D eigenvalue weighted by Crippen LogP contribution is -2.16. The molecule has 3 heteroatoms. The van der Waals surface area contributed by atoms with E-state index in [1.54, 1.807) is 0 Å². The molecule has 0 amide bonds. The maximum Gasteiger partial charge on any atom is 0.331 e. The van der Waals surface area contributed by atoms with E-state index in [2.05, 4.69) is 35.8 Å². The number of allylic oxidation sites excluding steroid dienone is 1. The predicted octanol–water partition coefficient (Wildman–Crippen LogP) is 3.12. The molecule has 1 aromatic carbocycles. The molecule has 0 atom stereocenters. The van der Waals surface area contributed by atoms with Crippen molar-refractivity contribution in [2.24, 2.45) is 0 Å². The Hall–Kier alpha value is -1.79. The number of rotatable bonds is 2. The molecule has 0 aromatic heterocycles. The molecule has 0 heterocycles. The summed E-state index contributed by atoms with van der Waals surface area (Å²) in [5.41, 5.74) is 4.91. The summed E-state index contributed by atoms with van der Waals surface area (Å²) in [4.78, 5) is 11.4. The zero-order valence-corrected chi connectivity index (χ0v) is 12.3. The summed E-state index contributed by atoms with van der Waals surface area (Å²) in [6.45, 7) is 6.50. The smallest absolute Gasteiger partial charge is 0.331 e. The van der Waals surface area contributed by atoms with Crippen molar-refractivity contribution in [3.63, 3.8) is 0 Å². The van der Waals surface area contributed by atoms with Gasteiger partial charge in [-0.15, -0.1) is 5.54 Å². The Bertz CT molecular complexity index is 499. The highest BCUT2D eigenvalue weighted by Gasteiger charge is 2.09. The molecule has 0 N–H and O–H groups in total. The fourth-order valence-electron chi connectivity index (χ4n) is 1.24. The number of carbonyl (C=O) groups excluding carboxylic acids is 1. The van der Waals surface area contributed by atoms with Gasteiger partial charge in [-0.1, -0.05) is 55.9 Å². The van der Waals surface area contributed by atoms with Crippen LogP contribution >= 0.6 is 0 Å². The fraction of sp³-hybridized carbons (Fsp3) is 0.267. The molecular formula is C15H18O2Si. The molecule has 0 unspecified atom stereocenters. The Morgan fingerprint density at radius 3 is 2.33 bits per heavy atom. The van der Waals surface area contributed by atoms with Crippen molar-refractivity contribution in [3.8, 4) is 11.5 Å². The summed E-state index contributed by atoms with van der Waals surface area (Å²) in [6.07, 6.45) is 1.45. The lowest BCUT2D eigenvalue weighted by Gasteiger charge is -2.05. The van der Waals surface area contributed by atoms with E-state index in [1.807, 2.05) is 30.3 Å². The van der Waals surface area contributed by atoms with Gasteiger partial charge in [0.1, 0.15) is 8.07 Å². The fourth-order valence-corrected chi connectivity index (χ4v) is 1.75. The first-order chi connectivity index (χ1) is 8.42. The quantitative estimate of drug-likeness (QED) is 0.352. The van der Waals surface area contributed by atoms with E-state index in [1.165, 1.54) is 13.2 Å². The molecule has 0 saturated carbocycles. The van der Waals surface area contributed by atoms with E-state index in [-0.39, 0.29) is 5.97 Å². The van der Waals surface area contributed by atoms with Crippen molar-refractivity contribution in [2.45, 2.75) is 19.6 Å². The topological polar surface area (TPSA) is 26.3 Å². The minimum atomic E-state index is -1.47. The van der Waals surface area contributed by atoms with Crippen LogP contribution in [0.4, 0.5) is 0 Å². The molecule has 18 heavy (non-hydrogen) atoms. The number of hydrogen-bond donors (Lipinski definition) is 0. The monoisotopic (exact) mass is 258 g/mol. The lowest BCUT2D eigenvalue weighted by atomic mass is 10.1. The molecule has 1 aromatic rings. The van der Waals surface area contributed by atoms with Gasteiger partial charge >= 0.3 is 5.97 Å². The Morgan fingerprint density at radius 1 is 1.22 bits per heavy atom. The largest absolute Gasteiger partial charge is 0.466 e. The van der Waals surface area contributed by atoms with E-state index >= 15 is 0 Å². The summed E-state index contributed by atoms with van der Waals surface area (Å²) in [6, 6.07) is 9.67. The highest BCUT2D eigenvalue weighted by atomic mass is 28.3. The predicted molar refractivity (Wildman–Crippen MR) is 77.6 cm³/mol. The van der Waals surface area contributed by atoms with Gasteiger partial charge in [-0.2, -0.15) is 0 Å². The van der Waals surface area contributed by atoms with E-state index in [0.29, 0.717) is 5.57 Å². The van der Waals surface area contributed by atoms with Crippen molar-refractivity contribution in [1.29, 1.82) is 0 Å². The number of benzene rings is 1. The first-order valence-electron chi connectivity index (χ1n) is 5.80. The maximum absolute atomic E-state index is 11.4. The second-order valence-corrected chi connectivity index (χ2v) is 9.70. The first kappa shape index (κ1) is 14.3. The van der Waals surface area contributed by atoms with Crippen LogP contribution in [-0.2, 0) is 9.53 Å².